The lowest BCUT2D eigenvalue weighted by Crippen LogP contribution is -2.08. The van der Waals surface area contributed by atoms with E-state index in [1.165, 1.54) is 30.0 Å². The highest BCUT2D eigenvalue weighted by atomic mass is 16.5. The van der Waals surface area contributed by atoms with E-state index in [0.717, 1.165) is 35.5 Å². The minimum Gasteiger partial charge on any atom is -0.494 e. The Morgan fingerprint density at radius 2 is 1.62 bits per heavy atom. The monoisotopic (exact) mass is 425 g/mol. The van der Waals surface area contributed by atoms with Gasteiger partial charge < -0.3 is 4.74 Å². The fourth-order valence-electron chi connectivity index (χ4n) is 3.52. The standard InChI is InChI=1S/C27H27N3O2/c1-2-3-4-7-20-32-24-17-15-23(16-18-24)22-13-10-21(11-14-22)12-19-27(31)30-26-9-6-5-8-25(26)28-29-30/h5-6,8-19H,2-4,7,20H2,1H3/b19-12+. The third-order valence-electron chi connectivity index (χ3n) is 5.34. The van der Waals surface area contributed by atoms with Crippen LogP contribution in [-0.4, -0.2) is 27.5 Å². The van der Waals surface area contributed by atoms with Gasteiger partial charge in [0.05, 0.1) is 12.1 Å². The second-order valence-electron chi connectivity index (χ2n) is 7.72. The zero-order chi connectivity index (χ0) is 22.2. The molecule has 0 atom stereocenters. The van der Waals surface area contributed by atoms with Crippen molar-refractivity contribution < 1.29 is 9.53 Å². The molecule has 4 rings (SSSR count). The van der Waals surface area contributed by atoms with Gasteiger partial charge in [-0.3, -0.25) is 4.79 Å². The predicted molar refractivity (Wildman–Crippen MR) is 129 cm³/mol. The summed E-state index contributed by atoms with van der Waals surface area (Å²) in [5.74, 6) is 0.678. The Balaban J connectivity index is 1.36. The van der Waals surface area contributed by atoms with Crippen LogP contribution in [0.2, 0.25) is 0 Å². The molecule has 0 aliphatic carbocycles. The molecule has 32 heavy (non-hydrogen) atoms. The summed E-state index contributed by atoms with van der Waals surface area (Å²) in [7, 11) is 0. The molecule has 0 bridgehead atoms. The number of ether oxygens (including phenoxy) is 1. The van der Waals surface area contributed by atoms with Crippen molar-refractivity contribution in [3.63, 3.8) is 0 Å². The summed E-state index contributed by atoms with van der Waals surface area (Å²) in [6.07, 6.45) is 8.12. The average Bonchev–Trinajstić information content (AvgIpc) is 3.28. The second kappa shape index (κ2) is 10.5. The number of hydrogen-bond acceptors (Lipinski definition) is 4. The van der Waals surface area contributed by atoms with Crippen molar-refractivity contribution in [2.24, 2.45) is 0 Å². The van der Waals surface area contributed by atoms with Crippen LogP contribution in [0.15, 0.2) is 78.9 Å². The summed E-state index contributed by atoms with van der Waals surface area (Å²) in [6.45, 7) is 2.98. The maximum atomic E-state index is 12.5. The van der Waals surface area contributed by atoms with Crippen LogP contribution >= 0.6 is 0 Å². The Labute approximate surface area is 188 Å². The molecular weight excluding hydrogens is 398 g/mol. The quantitative estimate of drug-likeness (QED) is 0.230. The number of carbonyl (C=O) groups is 1. The Hall–Kier alpha value is -3.73. The van der Waals surface area contributed by atoms with Gasteiger partial charge in [0.2, 0.25) is 0 Å². The highest BCUT2D eigenvalue weighted by Gasteiger charge is 2.08. The topological polar surface area (TPSA) is 57.0 Å². The van der Waals surface area contributed by atoms with Crippen molar-refractivity contribution in [1.82, 2.24) is 15.0 Å². The summed E-state index contributed by atoms with van der Waals surface area (Å²) in [4.78, 5) is 12.5. The normalized spacial score (nSPS) is 11.3. The number of unbranched alkanes of at least 4 members (excludes halogenated alkanes) is 3. The first-order chi connectivity index (χ1) is 15.7. The lowest BCUT2D eigenvalue weighted by Gasteiger charge is -2.07. The minimum absolute atomic E-state index is 0.229. The maximum Gasteiger partial charge on any atom is 0.272 e. The first-order valence-electron chi connectivity index (χ1n) is 11.1. The molecule has 1 aromatic heterocycles. The molecule has 0 radical (unpaired) electrons. The van der Waals surface area contributed by atoms with E-state index >= 15 is 0 Å². The van der Waals surface area contributed by atoms with Gasteiger partial charge in [-0.15, -0.1) is 5.10 Å². The van der Waals surface area contributed by atoms with Crippen LogP contribution in [0, 0.1) is 0 Å². The molecule has 0 amide bonds. The van der Waals surface area contributed by atoms with Gasteiger partial charge in [0.1, 0.15) is 11.3 Å². The van der Waals surface area contributed by atoms with Gasteiger partial charge in [0.15, 0.2) is 0 Å². The molecule has 0 fully saturated rings. The average molecular weight is 426 g/mol. The molecule has 0 spiro atoms. The van der Waals surface area contributed by atoms with Crippen molar-refractivity contribution in [3.8, 4) is 16.9 Å². The summed E-state index contributed by atoms with van der Waals surface area (Å²) in [5, 5.41) is 7.98. The summed E-state index contributed by atoms with van der Waals surface area (Å²) in [5.41, 5.74) is 4.59. The van der Waals surface area contributed by atoms with Crippen molar-refractivity contribution >= 4 is 23.0 Å². The molecule has 0 N–H and O–H groups in total. The van der Waals surface area contributed by atoms with Crippen molar-refractivity contribution in [1.29, 1.82) is 0 Å². The van der Waals surface area contributed by atoms with Crippen LogP contribution in [0.4, 0.5) is 0 Å². The number of nitrogens with zero attached hydrogens (tertiary/aromatic N) is 3. The number of rotatable bonds is 9. The van der Waals surface area contributed by atoms with E-state index in [1.807, 2.05) is 48.5 Å². The van der Waals surface area contributed by atoms with Crippen molar-refractivity contribution in [3.05, 3.63) is 84.4 Å². The zero-order valence-electron chi connectivity index (χ0n) is 18.3. The van der Waals surface area contributed by atoms with Gasteiger partial charge >= 0.3 is 0 Å². The fraction of sp³-hybridized carbons (Fsp3) is 0.222. The van der Waals surface area contributed by atoms with E-state index in [4.69, 9.17) is 4.74 Å². The van der Waals surface area contributed by atoms with E-state index in [-0.39, 0.29) is 5.91 Å². The van der Waals surface area contributed by atoms with E-state index in [0.29, 0.717) is 11.0 Å². The fourth-order valence-corrected chi connectivity index (χ4v) is 3.52. The number of carbonyl (C=O) groups excluding carboxylic acids is 1. The third-order valence-corrected chi connectivity index (χ3v) is 5.34. The van der Waals surface area contributed by atoms with Crippen LogP contribution in [-0.2, 0) is 0 Å². The molecule has 5 nitrogen and oxygen atoms in total. The van der Waals surface area contributed by atoms with E-state index in [9.17, 15) is 4.79 Å². The van der Waals surface area contributed by atoms with Gasteiger partial charge in [-0.25, -0.2) is 0 Å². The number of hydrogen-bond donors (Lipinski definition) is 0. The van der Waals surface area contributed by atoms with Crippen LogP contribution in [0.25, 0.3) is 28.2 Å². The molecule has 5 heteroatoms. The first-order valence-corrected chi connectivity index (χ1v) is 11.1. The Morgan fingerprint density at radius 3 is 2.38 bits per heavy atom. The van der Waals surface area contributed by atoms with Crippen LogP contribution < -0.4 is 4.74 Å². The molecule has 162 valence electrons. The smallest absolute Gasteiger partial charge is 0.272 e. The minimum atomic E-state index is -0.229. The Bertz CT molecular complexity index is 1190. The Kier molecular flexibility index (Phi) is 7.08. The number of benzene rings is 3. The van der Waals surface area contributed by atoms with Gasteiger partial charge in [0.25, 0.3) is 5.91 Å². The second-order valence-corrected chi connectivity index (χ2v) is 7.72. The maximum absolute atomic E-state index is 12.5. The number of allylic oxidation sites excluding steroid dienone is 1. The summed E-state index contributed by atoms with van der Waals surface area (Å²) >= 11 is 0. The van der Waals surface area contributed by atoms with E-state index < -0.39 is 0 Å². The zero-order valence-corrected chi connectivity index (χ0v) is 18.3. The Morgan fingerprint density at radius 1 is 0.906 bits per heavy atom. The molecule has 0 unspecified atom stereocenters. The SMILES string of the molecule is CCCCCCOc1ccc(-c2ccc(/C=C/C(=O)n3nnc4ccccc43)cc2)cc1. The van der Waals surface area contributed by atoms with Crippen LogP contribution in [0.3, 0.4) is 0 Å². The molecule has 0 aliphatic rings. The van der Waals surface area contributed by atoms with Gasteiger partial charge in [-0.1, -0.05) is 79.9 Å². The molecular formula is C27H27N3O2. The summed E-state index contributed by atoms with van der Waals surface area (Å²) in [6, 6.07) is 23.7. The van der Waals surface area contributed by atoms with Gasteiger partial charge in [-0.2, -0.15) is 4.68 Å². The molecule has 1 heterocycles. The van der Waals surface area contributed by atoms with Crippen LogP contribution in [0.5, 0.6) is 5.75 Å². The first kappa shape index (κ1) is 21.5. The molecule has 0 aliphatic heterocycles. The largest absolute Gasteiger partial charge is 0.494 e. The molecule has 0 saturated carbocycles. The lowest BCUT2D eigenvalue weighted by molar-refractivity contribution is 0.0958. The lowest BCUT2D eigenvalue weighted by atomic mass is 10.0. The summed E-state index contributed by atoms with van der Waals surface area (Å²) < 4.78 is 7.13. The van der Waals surface area contributed by atoms with Crippen LogP contribution in [0.1, 0.15) is 43.0 Å². The predicted octanol–water partition coefficient (Wildman–Crippen LogP) is 6.41. The van der Waals surface area contributed by atoms with E-state index in [2.05, 4.69) is 41.5 Å². The highest BCUT2D eigenvalue weighted by molar-refractivity contribution is 5.98. The molecule has 4 aromatic rings. The molecule has 3 aromatic carbocycles. The van der Waals surface area contributed by atoms with E-state index in [1.54, 1.807) is 6.08 Å². The number of fused-ring (bicyclic) bond motifs is 1. The number of para-hydroxylation sites is 1. The van der Waals surface area contributed by atoms with Gasteiger partial charge in [-0.05, 0) is 53.5 Å². The highest BCUT2D eigenvalue weighted by Crippen LogP contribution is 2.23. The third kappa shape index (κ3) is 5.30. The molecule has 0 saturated heterocycles. The van der Waals surface area contributed by atoms with Crippen molar-refractivity contribution in [2.45, 2.75) is 32.6 Å². The number of aromatic nitrogens is 3. The van der Waals surface area contributed by atoms with Gasteiger partial charge in [0, 0.05) is 6.08 Å². The van der Waals surface area contributed by atoms with Crippen molar-refractivity contribution in [2.75, 3.05) is 6.61 Å².